The van der Waals surface area contributed by atoms with Crippen LogP contribution in [0.4, 0.5) is 0 Å². The van der Waals surface area contributed by atoms with Crippen LogP contribution < -0.4 is 0 Å². The second-order valence-electron chi connectivity index (χ2n) is 4.32. The quantitative estimate of drug-likeness (QED) is 0.611. The van der Waals surface area contributed by atoms with Crippen molar-refractivity contribution in [3.05, 3.63) is 41.9 Å². The smallest absolute Gasteiger partial charge is 0.223 e. The standard InChI is InChI=1S/C13H7ClN6O/c14-9-4-8(3-7-1-2-21-12(7)9)10-5-11(16-6-15-10)13-17-19-20-18-13/h1-6H,(H,17,18,19,20). The molecular weight excluding hydrogens is 292 g/mol. The van der Waals surface area contributed by atoms with Gasteiger partial charge in [0.2, 0.25) is 5.82 Å². The Hall–Kier alpha value is -2.80. The predicted molar refractivity (Wildman–Crippen MR) is 75.4 cm³/mol. The molecule has 4 rings (SSSR count). The highest BCUT2D eigenvalue weighted by Gasteiger charge is 2.11. The number of nitrogens with zero attached hydrogens (tertiary/aromatic N) is 5. The highest BCUT2D eigenvalue weighted by molar-refractivity contribution is 6.35. The van der Waals surface area contributed by atoms with Gasteiger partial charge >= 0.3 is 0 Å². The van der Waals surface area contributed by atoms with Crippen LogP contribution in [0.15, 0.2) is 41.3 Å². The minimum Gasteiger partial charge on any atom is -0.463 e. The second kappa shape index (κ2) is 4.64. The highest BCUT2D eigenvalue weighted by atomic mass is 35.5. The van der Waals surface area contributed by atoms with E-state index in [2.05, 4.69) is 30.6 Å². The Morgan fingerprint density at radius 2 is 2.00 bits per heavy atom. The number of nitrogens with one attached hydrogen (secondary N) is 1. The van der Waals surface area contributed by atoms with Crippen molar-refractivity contribution >= 4 is 22.6 Å². The largest absolute Gasteiger partial charge is 0.463 e. The molecule has 8 heteroatoms. The maximum absolute atomic E-state index is 6.22. The number of benzene rings is 1. The Labute approximate surface area is 123 Å². The topological polar surface area (TPSA) is 93.4 Å². The zero-order valence-electron chi connectivity index (χ0n) is 10.5. The summed E-state index contributed by atoms with van der Waals surface area (Å²) < 4.78 is 5.33. The van der Waals surface area contributed by atoms with Crippen molar-refractivity contribution in [3.8, 4) is 22.8 Å². The molecule has 3 aromatic heterocycles. The Morgan fingerprint density at radius 3 is 2.86 bits per heavy atom. The summed E-state index contributed by atoms with van der Waals surface area (Å²) in [5.41, 5.74) is 2.82. The zero-order valence-corrected chi connectivity index (χ0v) is 11.2. The summed E-state index contributed by atoms with van der Waals surface area (Å²) in [5.74, 6) is 0.411. The maximum Gasteiger partial charge on any atom is 0.223 e. The third-order valence-electron chi connectivity index (χ3n) is 3.04. The third-order valence-corrected chi connectivity index (χ3v) is 3.32. The molecule has 0 amide bonds. The number of furan rings is 1. The summed E-state index contributed by atoms with van der Waals surface area (Å²) in [6.07, 6.45) is 3.06. The van der Waals surface area contributed by atoms with E-state index >= 15 is 0 Å². The molecule has 1 N–H and O–H groups in total. The van der Waals surface area contributed by atoms with E-state index in [0.717, 1.165) is 16.6 Å². The van der Waals surface area contributed by atoms with Crippen LogP contribution in [0.5, 0.6) is 0 Å². The van der Waals surface area contributed by atoms with Gasteiger partial charge in [0.05, 0.1) is 17.0 Å². The van der Waals surface area contributed by atoms with Gasteiger partial charge in [-0.15, -0.1) is 10.2 Å². The number of tetrazole rings is 1. The molecule has 0 aliphatic carbocycles. The molecule has 1 aromatic carbocycles. The molecule has 0 radical (unpaired) electrons. The molecule has 0 atom stereocenters. The van der Waals surface area contributed by atoms with Crippen molar-refractivity contribution in [2.45, 2.75) is 0 Å². The molecule has 0 saturated carbocycles. The number of H-pyrrole nitrogens is 1. The van der Waals surface area contributed by atoms with Crippen molar-refractivity contribution < 1.29 is 4.42 Å². The lowest BCUT2D eigenvalue weighted by Gasteiger charge is -2.03. The Bertz CT molecular complexity index is 917. The van der Waals surface area contributed by atoms with Crippen molar-refractivity contribution in [1.82, 2.24) is 30.6 Å². The molecule has 0 saturated heterocycles. The lowest BCUT2D eigenvalue weighted by Crippen LogP contribution is -1.91. The Morgan fingerprint density at radius 1 is 1.10 bits per heavy atom. The molecule has 0 fully saturated rings. The van der Waals surface area contributed by atoms with Crippen LogP contribution in [-0.2, 0) is 0 Å². The average Bonchev–Trinajstić information content (AvgIpc) is 3.19. The Kier molecular flexibility index (Phi) is 2.65. The van der Waals surface area contributed by atoms with Crippen LogP contribution in [0.25, 0.3) is 33.7 Å². The minimum atomic E-state index is 0.411. The summed E-state index contributed by atoms with van der Waals surface area (Å²) in [6.45, 7) is 0. The molecule has 3 heterocycles. The van der Waals surface area contributed by atoms with Gasteiger partial charge in [0, 0.05) is 10.9 Å². The Balaban J connectivity index is 1.86. The van der Waals surface area contributed by atoms with Crippen LogP contribution in [0.2, 0.25) is 5.02 Å². The average molecular weight is 299 g/mol. The first-order valence-corrected chi connectivity index (χ1v) is 6.42. The second-order valence-corrected chi connectivity index (χ2v) is 4.73. The fraction of sp³-hybridized carbons (Fsp3) is 0. The van der Waals surface area contributed by atoms with E-state index in [9.17, 15) is 0 Å². The summed E-state index contributed by atoms with van der Waals surface area (Å²) in [5, 5.41) is 15.2. The number of aromatic amines is 1. The van der Waals surface area contributed by atoms with E-state index in [1.165, 1.54) is 6.33 Å². The molecule has 0 unspecified atom stereocenters. The summed E-state index contributed by atoms with van der Waals surface area (Å²) in [6, 6.07) is 7.39. The van der Waals surface area contributed by atoms with Crippen LogP contribution in [0.1, 0.15) is 0 Å². The SMILES string of the molecule is Clc1cc(-c2cc(-c3nn[nH]n3)ncn2)cc2ccoc12. The van der Waals surface area contributed by atoms with E-state index in [1.54, 1.807) is 18.4 Å². The van der Waals surface area contributed by atoms with E-state index < -0.39 is 0 Å². The van der Waals surface area contributed by atoms with Crippen LogP contribution in [-0.4, -0.2) is 30.6 Å². The molecule has 0 bridgehead atoms. The molecular formula is C13H7ClN6O. The number of hydrogen-bond acceptors (Lipinski definition) is 6. The van der Waals surface area contributed by atoms with Crippen LogP contribution >= 0.6 is 11.6 Å². The highest BCUT2D eigenvalue weighted by Crippen LogP contribution is 2.31. The number of aromatic nitrogens is 6. The van der Waals surface area contributed by atoms with Crippen LogP contribution in [0.3, 0.4) is 0 Å². The maximum atomic E-state index is 6.22. The molecule has 102 valence electrons. The van der Waals surface area contributed by atoms with Gasteiger partial charge in [-0.1, -0.05) is 11.6 Å². The minimum absolute atomic E-state index is 0.411. The van der Waals surface area contributed by atoms with Gasteiger partial charge in [0.15, 0.2) is 5.58 Å². The van der Waals surface area contributed by atoms with E-state index in [-0.39, 0.29) is 0 Å². The van der Waals surface area contributed by atoms with Gasteiger partial charge < -0.3 is 4.42 Å². The van der Waals surface area contributed by atoms with E-state index in [4.69, 9.17) is 16.0 Å². The third kappa shape index (κ3) is 2.03. The van der Waals surface area contributed by atoms with Gasteiger partial charge in [0.25, 0.3) is 0 Å². The normalized spacial score (nSPS) is 11.1. The van der Waals surface area contributed by atoms with E-state index in [0.29, 0.717) is 22.1 Å². The van der Waals surface area contributed by atoms with Gasteiger partial charge in [0.1, 0.15) is 12.0 Å². The predicted octanol–water partition coefficient (Wildman–Crippen LogP) is 2.72. The van der Waals surface area contributed by atoms with E-state index in [1.807, 2.05) is 12.1 Å². The van der Waals surface area contributed by atoms with Crippen LogP contribution in [0, 0.1) is 0 Å². The lowest BCUT2D eigenvalue weighted by atomic mass is 10.1. The lowest BCUT2D eigenvalue weighted by molar-refractivity contribution is 0.616. The van der Waals surface area contributed by atoms with Gasteiger partial charge in [-0.05, 0) is 29.5 Å². The molecule has 0 aliphatic rings. The number of fused-ring (bicyclic) bond motifs is 1. The van der Waals surface area contributed by atoms with Gasteiger partial charge in [-0.25, -0.2) is 9.97 Å². The number of hydrogen-bond donors (Lipinski definition) is 1. The monoisotopic (exact) mass is 298 g/mol. The summed E-state index contributed by atoms with van der Waals surface area (Å²) in [4.78, 5) is 8.40. The van der Waals surface area contributed by atoms with Crippen molar-refractivity contribution in [2.24, 2.45) is 0 Å². The molecule has 0 aliphatic heterocycles. The van der Waals surface area contributed by atoms with Crippen molar-refractivity contribution in [2.75, 3.05) is 0 Å². The number of halogens is 1. The van der Waals surface area contributed by atoms with Crippen molar-refractivity contribution in [1.29, 1.82) is 0 Å². The fourth-order valence-electron chi connectivity index (χ4n) is 2.09. The van der Waals surface area contributed by atoms with Gasteiger partial charge in [-0.2, -0.15) is 5.21 Å². The van der Waals surface area contributed by atoms with Crippen molar-refractivity contribution in [3.63, 3.8) is 0 Å². The first-order valence-electron chi connectivity index (χ1n) is 6.04. The molecule has 7 nitrogen and oxygen atoms in total. The summed E-state index contributed by atoms with van der Waals surface area (Å²) >= 11 is 6.22. The first kappa shape index (κ1) is 12.0. The summed E-state index contributed by atoms with van der Waals surface area (Å²) in [7, 11) is 0. The zero-order chi connectivity index (χ0) is 14.2. The molecule has 0 spiro atoms. The molecule has 21 heavy (non-hydrogen) atoms. The fourth-order valence-corrected chi connectivity index (χ4v) is 2.37. The molecule has 4 aromatic rings. The van der Waals surface area contributed by atoms with Gasteiger partial charge in [-0.3, -0.25) is 0 Å². The number of rotatable bonds is 2. The first-order chi connectivity index (χ1) is 10.3.